The smallest absolute Gasteiger partial charge is 0.220 e. The summed E-state index contributed by atoms with van der Waals surface area (Å²) in [4.78, 5) is 17.9. The van der Waals surface area contributed by atoms with Crippen LogP contribution < -0.4 is 11.1 Å². The number of thioether (sulfide) groups is 1. The number of halogens is 1. The fraction of sp³-hybridized carbons (Fsp3) is 0.833. The number of amides is 1. The van der Waals surface area contributed by atoms with E-state index in [1.807, 2.05) is 11.8 Å². The van der Waals surface area contributed by atoms with Crippen LogP contribution in [0.4, 0.5) is 0 Å². The minimum Gasteiger partial charge on any atom is -0.370 e. The SMILES string of the molecule is I.NC(=NCCCC(=O)NC1CC1)N1CCSCC1. The zero-order valence-electron chi connectivity index (χ0n) is 11.1. The molecule has 19 heavy (non-hydrogen) atoms. The first kappa shape index (κ1) is 16.9. The molecule has 0 aromatic carbocycles. The average Bonchev–Trinajstić information content (AvgIpc) is 3.19. The molecule has 1 aliphatic heterocycles. The number of hydrogen-bond acceptors (Lipinski definition) is 3. The molecule has 3 N–H and O–H groups in total. The summed E-state index contributed by atoms with van der Waals surface area (Å²) in [6.07, 6.45) is 3.62. The quantitative estimate of drug-likeness (QED) is 0.314. The fourth-order valence-electron chi connectivity index (χ4n) is 1.85. The molecule has 0 unspecified atom stereocenters. The molecular formula is C12H23IN4OS. The van der Waals surface area contributed by atoms with Crippen LogP contribution >= 0.6 is 35.7 Å². The molecule has 0 bridgehead atoms. The predicted octanol–water partition coefficient (Wildman–Crippen LogP) is 1.03. The van der Waals surface area contributed by atoms with Crippen LogP contribution in [0.15, 0.2) is 4.99 Å². The number of carbonyl (C=O) groups is 1. The van der Waals surface area contributed by atoms with Gasteiger partial charge in [0.25, 0.3) is 0 Å². The molecule has 1 saturated carbocycles. The third-order valence-corrected chi connectivity index (χ3v) is 4.06. The standard InChI is InChI=1S/C12H22N4OS.HI/c13-12(16-6-8-18-9-7-16)14-5-1-2-11(17)15-10-3-4-10;/h10H,1-9H2,(H2,13,14)(H,15,17);1H. The molecule has 0 aromatic heterocycles. The highest BCUT2D eigenvalue weighted by Crippen LogP contribution is 2.18. The van der Waals surface area contributed by atoms with E-state index in [4.69, 9.17) is 5.73 Å². The lowest BCUT2D eigenvalue weighted by Crippen LogP contribution is -2.42. The highest BCUT2D eigenvalue weighted by molar-refractivity contribution is 14.0. The maximum Gasteiger partial charge on any atom is 0.220 e. The van der Waals surface area contributed by atoms with Gasteiger partial charge in [-0.3, -0.25) is 9.79 Å². The Kier molecular flexibility index (Phi) is 7.89. The van der Waals surface area contributed by atoms with Crippen LogP contribution in [0.25, 0.3) is 0 Å². The van der Waals surface area contributed by atoms with E-state index >= 15 is 0 Å². The Labute approximate surface area is 136 Å². The maximum absolute atomic E-state index is 11.4. The van der Waals surface area contributed by atoms with Gasteiger partial charge in [0.05, 0.1) is 0 Å². The number of aliphatic imine (C=N–C) groups is 1. The largest absolute Gasteiger partial charge is 0.370 e. The third-order valence-electron chi connectivity index (χ3n) is 3.11. The lowest BCUT2D eigenvalue weighted by Gasteiger charge is -2.27. The van der Waals surface area contributed by atoms with Crippen molar-refractivity contribution in [1.29, 1.82) is 0 Å². The van der Waals surface area contributed by atoms with Crippen LogP contribution in [0, 0.1) is 0 Å². The molecule has 1 heterocycles. The van der Waals surface area contributed by atoms with E-state index in [0.29, 0.717) is 25.0 Å². The van der Waals surface area contributed by atoms with Gasteiger partial charge < -0.3 is 16.0 Å². The van der Waals surface area contributed by atoms with E-state index in [1.165, 1.54) is 0 Å². The van der Waals surface area contributed by atoms with Crippen LogP contribution in [-0.4, -0.2) is 53.9 Å². The minimum atomic E-state index is 0. The van der Waals surface area contributed by atoms with E-state index in [0.717, 1.165) is 43.9 Å². The zero-order chi connectivity index (χ0) is 12.8. The third kappa shape index (κ3) is 6.69. The number of nitrogens with zero attached hydrogens (tertiary/aromatic N) is 2. The second kappa shape index (κ2) is 8.89. The van der Waals surface area contributed by atoms with Crippen molar-refractivity contribution >= 4 is 47.6 Å². The molecule has 1 amide bonds. The number of carbonyl (C=O) groups excluding carboxylic acids is 1. The first-order valence-electron chi connectivity index (χ1n) is 6.67. The molecule has 110 valence electrons. The van der Waals surface area contributed by atoms with Gasteiger partial charge in [0, 0.05) is 43.6 Å². The summed E-state index contributed by atoms with van der Waals surface area (Å²) in [6, 6.07) is 0.455. The number of guanidine groups is 1. The summed E-state index contributed by atoms with van der Waals surface area (Å²) in [6.45, 7) is 2.62. The first-order valence-corrected chi connectivity index (χ1v) is 7.83. The Hall–Kier alpha value is -0.180. The molecule has 1 saturated heterocycles. The van der Waals surface area contributed by atoms with Crippen molar-refractivity contribution in [3.8, 4) is 0 Å². The Bertz CT molecular complexity index is 317. The molecule has 2 aliphatic rings. The minimum absolute atomic E-state index is 0. The van der Waals surface area contributed by atoms with Crippen LogP contribution in [0.1, 0.15) is 25.7 Å². The molecule has 0 aromatic rings. The van der Waals surface area contributed by atoms with Gasteiger partial charge in [-0.2, -0.15) is 11.8 Å². The van der Waals surface area contributed by atoms with E-state index in [-0.39, 0.29) is 29.9 Å². The van der Waals surface area contributed by atoms with Crippen molar-refractivity contribution < 1.29 is 4.79 Å². The van der Waals surface area contributed by atoms with Gasteiger partial charge in [-0.05, 0) is 19.3 Å². The van der Waals surface area contributed by atoms with E-state index in [1.54, 1.807) is 0 Å². The lowest BCUT2D eigenvalue weighted by molar-refractivity contribution is -0.121. The van der Waals surface area contributed by atoms with E-state index in [2.05, 4.69) is 15.2 Å². The second-order valence-corrected chi connectivity index (χ2v) is 6.01. The Balaban J connectivity index is 0.00000180. The molecule has 5 nitrogen and oxygen atoms in total. The van der Waals surface area contributed by atoms with Gasteiger partial charge in [-0.25, -0.2) is 0 Å². The molecular weight excluding hydrogens is 375 g/mol. The first-order chi connectivity index (χ1) is 8.75. The van der Waals surface area contributed by atoms with Gasteiger partial charge in [0.2, 0.25) is 5.91 Å². The van der Waals surface area contributed by atoms with Crippen molar-refractivity contribution in [2.45, 2.75) is 31.7 Å². The monoisotopic (exact) mass is 398 g/mol. The molecule has 0 radical (unpaired) electrons. The van der Waals surface area contributed by atoms with Crippen LogP contribution in [0.2, 0.25) is 0 Å². The van der Waals surface area contributed by atoms with Crippen LogP contribution in [0.5, 0.6) is 0 Å². The Morgan fingerprint density at radius 1 is 1.37 bits per heavy atom. The molecule has 2 fully saturated rings. The average molecular weight is 398 g/mol. The highest BCUT2D eigenvalue weighted by atomic mass is 127. The van der Waals surface area contributed by atoms with Crippen LogP contribution in [-0.2, 0) is 4.79 Å². The maximum atomic E-state index is 11.4. The summed E-state index contributed by atoms with van der Waals surface area (Å²) in [5, 5.41) is 2.97. The summed E-state index contributed by atoms with van der Waals surface area (Å²) in [5.74, 6) is 3.04. The van der Waals surface area contributed by atoms with Crippen molar-refractivity contribution in [3.05, 3.63) is 0 Å². The van der Waals surface area contributed by atoms with Gasteiger partial charge in [0.15, 0.2) is 5.96 Å². The Morgan fingerprint density at radius 3 is 2.68 bits per heavy atom. The van der Waals surface area contributed by atoms with Crippen molar-refractivity contribution in [3.63, 3.8) is 0 Å². The molecule has 7 heteroatoms. The van der Waals surface area contributed by atoms with Crippen molar-refractivity contribution in [2.24, 2.45) is 10.7 Å². The summed E-state index contributed by atoms with van der Waals surface area (Å²) >= 11 is 1.95. The number of nitrogens with one attached hydrogen (secondary N) is 1. The second-order valence-electron chi connectivity index (χ2n) is 4.78. The molecule has 0 spiro atoms. The van der Waals surface area contributed by atoms with Gasteiger partial charge >= 0.3 is 0 Å². The number of nitrogens with two attached hydrogens (primary N) is 1. The van der Waals surface area contributed by atoms with E-state index in [9.17, 15) is 4.79 Å². The van der Waals surface area contributed by atoms with Gasteiger partial charge in [0.1, 0.15) is 0 Å². The van der Waals surface area contributed by atoms with Crippen LogP contribution in [0.3, 0.4) is 0 Å². The highest BCUT2D eigenvalue weighted by Gasteiger charge is 2.22. The Morgan fingerprint density at radius 2 is 2.05 bits per heavy atom. The summed E-state index contributed by atoms with van der Waals surface area (Å²) in [7, 11) is 0. The van der Waals surface area contributed by atoms with Crippen molar-refractivity contribution in [1.82, 2.24) is 10.2 Å². The van der Waals surface area contributed by atoms with Gasteiger partial charge in [-0.1, -0.05) is 0 Å². The number of hydrogen-bond donors (Lipinski definition) is 2. The molecule has 1 aliphatic carbocycles. The normalized spacial score (nSPS) is 19.8. The van der Waals surface area contributed by atoms with E-state index < -0.39 is 0 Å². The lowest BCUT2D eigenvalue weighted by atomic mass is 10.3. The zero-order valence-corrected chi connectivity index (χ0v) is 14.3. The number of rotatable bonds is 5. The molecule has 0 atom stereocenters. The summed E-state index contributed by atoms with van der Waals surface area (Å²) in [5.41, 5.74) is 5.92. The van der Waals surface area contributed by atoms with Crippen molar-refractivity contribution in [2.75, 3.05) is 31.1 Å². The topological polar surface area (TPSA) is 70.7 Å². The molecule has 2 rings (SSSR count). The predicted molar refractivity (Wildman–Crippen MR) is 91.2 cm³/mol. The fourth-order valence-corrected chi connectivity index (χ4v) is 2.76. The van der Waals surface area contributed by atoms with Gasteiger partial charge in [-0.15, -0.1) is 24.0 Å². The summed E-state index contributed by atoms with van der Waals surface area (Å²) < 4.78 is 0.